The average molecular weight is 168 g/mol. The smallest absolute Gasteiger partial charge is 0.135 e. The molecule has 0 unspecified atom stereocenters. The summed E-state index contributed by atoms with van der Waals surface area (Å²) in [5.41, 5.74) is 0. The topological polar surface area (TPSA) is 17.1 Å². The molecule has 1 rings (SSSR count). The van der Waals surface area contributed by atoms with Crippen molar-refractivity contribution in [1.29, 1.82) is 0 Å². The van der Waals surface area contributed by atoms with Crippen LogP contribution in [0, 0.1) is 5.92 Å². The lowest BCUT2D eigenvalue weighted by Crippen LogP contribution is -2.21. The lowest BCUT2D eigenvalue weighted by Gasteiger charge is -2.23. The second-order valence-electron chi connectivity index (χ2n) is 3.90. The highest BCUT2D eigenvalue weighted by Crippen LogP contribution is 2.28. The second-order valence-corrected chi connectivity index (χ2v) is 3.90. The monoisotopic (exact) mass is 168 g/mol. The molecule has 1 aliphatic rings. The lowest BCUT2D eigenvalue weighted by atomic mass is 9.80. The fourth-order valence-electron chi connectivity index (χ4n) is 1.66. The van der Waals surface area contributed by atoms with Crippen LogP contribution in [0.2, 0.25) is 0 Å². The molecule has 0 heterocycles. The Balaban J connectivity index is 1.94. The van der Waals surface area contributed by atoms with E-state index in [2.05, 4.69) is 6.92 Å². The van der Waals surface area contributed by atoms with Crippen LogP contribution in [-0.4, -0.2) is 5.78 Å². The first-order valence-electron chi connectivity index (χ1n) is 5.37. The fourth-order valence-corrected chi connectivity index (χ4v) is 1.66. The average Bonchev–Trinajstić information content (AvgIpc) is 1.95. The highest BCUT2D eigenvalue weighted by molar-refractivity contribution is 5.81. The minimum atomic E-state index is 0.464. The molecule has 0 amide bonds. The molecule has 0 N–H and O–H groups in total. The lowest BCUT2D eigenvalue weighted by molar-refractivity contribution is -0.125. The molecule has 0 bridgehead atoms. The summed E-state index contributed by atoms with van der Waals surface area (Å²) < 4.78 is 0. The molecule has 0 aromatic heterocycles. The van der Waals surface area contributed by atoms with Crippen molar-refractivity contribution in [1.82, 2.24) is 0 Å². The third-order valence-electron chi connectivity index (χ3n) is 2.84. The van der Waals surface area contributed by atoms with E-state index >= 15 is 0 Å². The largest absolute Gasteiger partial charge is 0.299 e. The van der Waals surface area contributed by atoms with Crippen molar-refractivity contribution in [3.63, 3.8) is 0 Å². The SMILES string of the molecule is CCCCCCC(=O)C1CCC1. The van der Waals surface area contributed by atoms with Gasteiger partial charge in [0.2, 0.25) is 0 Å². The number of hydrogen-bond acceptors (Lipinski definition) is 1. The zero-order valence-corrected chi connectivity index (χ0v) is 8.14. The second kappa shape index (κ2) is 5.34. The molecule has 1 fully saturated rings. The zero-order chi connectivity index (χ0) is 8.81. The van der Waals surface area contributed by atoms with Crippen molar-refractivity contribution in [3.8, 4) is 0 Å². The van der Waals surface area contributed by atoms with Gasteiger partial charge in [-0.1, -0.05) is 32.6 Å². The maximum absolute atomic E-state index is 11.4. The first-order chi connectivity index (χ1) is 5.84. The number of Topliss-reactive ketones (excluding diaryl/α,β-unsaturated/α-hetero) is 1. The Hall–Kier alpha value is -0.330. The van der Waals surface area contributed by atoms with Gasteiger partial charge in [0.15, 0.2) is 0 Å². The molecule has 0 aromatic rings. The normalized spacial score (nSPS) is 17.4. The fraction of sp³-hybridized carbons (Fsp3) is 0.909. The van der Waals surface area contributed by atoms with Gasteiger partial charge in [0, 0.05) is 12.3 Å². The van der Waals surface area contributed by atoms with Gasteiger partial charge in [-0.05, 0) is 19.3 Å². The minimum Gasteiger partial charge on any atom is -0.299 e. The van der Waals surface area contributed by atoms with Crippen molar-refractivity contribution in [2.24, 2.45) is 5.92 Å². The van der Waals surface area contributed by atoms with Crippen molar-refractivity contribution in [2.45, 2.75) is 58.3 Å². The van der Waals surface area contributed by atoms with E-state index in [0.717, 1.165) is 12.8 Å². The van der Waals surface area contributed by atoms with E-state index in [4.69, 9.17) is 0 Å². The third-order valence-corrected chi connectivity index (χ3v) is 2.84. The molecular formula is C11H20O. The maximum Gasteiger partial charge on any atom is 0.135 e. The van der Waals surface area contributed by atoms with Gasteiger partial charge in [0.1, 0.15) is 5.78 Å². The Morgan fingerprint density at radius 3 is 2.50 bits per heavy atom. The van der Waals surface area contributed by atoms with Crippen molar-refractivity contribution in [2.75, 3.05) is 0 Å². The quantitative estimate of drug-likeness (QED) is 0.556. The maximum atomic E-state index is 11.4. The van der Waals surface area contributed by atoms with Crippen LogP contribution < -0.4 is 0 Å². The molecule has 1 saturated carbocycles. The van der Waals surface area contributed by atoms with Crippen LogP contribution in [0.25, 0.3) is 0 Å². The number of carbonyl (C=O) groups is 1. The molecule has 0 spiro atoms. The van der Waals surface area contributed by atoms with Crippen LogP contribution in [0.5, 0.6) is 0 Å². The third kappa shape index (κ3) is 2.96. The Morgan fingerprint density at radius 2 is 2.00 bits per heavy atom. The summed E-state index contributed by atoms with van der Waals surface area (Å²) >= 11 is 0. The van der Waals surface area contributed by atoms with Crippen LogP contribution in [0.3, 0.4) is 0 Å². The summed E-state index contributed by atoms with van der Waals surface area (Å²) in [5.74, 6) is 1.00. The molecule has 0 aliphatic heterocycles. The van der Waals surface area contributed by atoms with Gasteiger partial charge in [-0.2, -0.15) is 0 Å². The van der Waals surface area contributed by atoms with Crippen LogP contribution >= 0.6 is 0 Å². The molecule has 0 atom stereocenters. The summed E-state index contributed by atoms with van der Waals surface area (Å²) in [6.07, 6.45) is 9.41. The van der Waals surface area contributed by atoms with E-state index < -0.39 is 0 Å². The van der Waals surface area contributed by atoms with E-state index in [9.17, 15) is 4.79 Å². The Morgan fingerprint density at radius 1 is 1.25 bits per heavy atom. The summed E-state index contributed by atoms with van der Waals surface area (Å²) in [5, 5.41) is 0. The van der Waals surface area contributed by atoms with Crippen molar-refractivity contribution >= 4 is 5.78 Å². The predicted molar refractivity (Wildman–Crippen MR) is 51.1 cm³/mol. The van der Waals surface area contributed by atoms with E-state index in [1.54, 1.807) is 0 Å². The number of rotatable bonds is 6. The molecule has 12 heavy (non-hydrogen) atoms. The van der Waals surface area contributed by atoms with Crippen LogP contribution in [0.1, 0.15) is 58.3 Å². The predicted octanol–water partition coefficient (Wildman–Crippen LogP) is 3.33. The molecule has 0 aromatic carbocycles. The van der Waals surface area contributed by atoms with E-state index in [1.165, 1.54) is 38.5 Å². The van der Waals surface area contributed by atoms with Crippen LogP contribution in [0.4, 0.5) is 0 Å². The van der Waals surface area contributed by atoms with Gasteiger partial charge in [0.25, 0.3) is 0 Å². The van der Waals surface area contributed by atoms with Crippen LogP contribution in [-0.2, 0) is 4.79 Å². The summed E-state index contributed by atoms with van der Waals surface area (Å²) in [6.45, 7) is 2.20. The number of ketones is 1. The first kappa shape index (κ1) is 9.76. The minimum absolute atomic E-state index is 0.464. The van der Waals surface area contributed by atoms with Gasteiger partial charge in [0.05, 0.1) is 0 Å². The number of carbonyl (C=O) groups excluding carboxylic acids is 1. The Kier molecular flexibility index (Phi) is 4.34. The summed E-state index contributed by atoms with van der Waals surface area (Å²) in [4.78, 5) is 11.4. The van der Waals surface area contributed by atoms with Crippen molar-refractivity contribution < 1.29 is 4.79 Å². The van der Waals surface area contributed by atoms with Crippen molar-refractivity contribution in [3.05, 3.63) is 0 Å². The molecule has 1 nitrogen and oxygen atoms in total. The number of hydrogen-bond donors (Lipinski definition) is 0. The summed E-state index contributed by atoms with van der Waals surface area (Å²) in [6, 6.07) is 0. The number of unbranched alkanes of at least 4 members (excludes halogenated alkanes) is 3. The molecule has 1 aliphatic carbocycles. The standard InChI is InChI=1S/C11H20O/c1-2-3-4-5-9-11(12)10-7-6-8-10/h10H,2-9H2,1H3. The molecule has 0 saturated heterocycles. The van der Waals surface area contributed by atoms with Gasteiger partial charge < -0.3 is 0 Å². The Labute approximate surface area is 75.5 Å². The summed E-state index contributed by atoms with van der Waals surface area (Å²) in [7, 11) is 0. The molecule has 0 radical (unpaired) electrons. The molecular weight excluding hydrogens is 148 g/mol. The highest BCUT2D eigenvalue weighted by Gasteiger charge is 2.23. The molecule has 70 valence electrons. The van der Waals surface area contributed by atoms with Gasteiger partial charge >= 0.3 is 0 Å². The van der Waals surface area contributed by atoms with Gasteiger partial charge in [-0.15, -0.1) is 0 Å². The van der Waals surface area contributed by atoms with E-state index in [0.29, 0.717) is 11.7 Å². The van der Waals surface area contributed by atoms with Crippen LogP contribution in [0.15, 0.2) is 0 Å². The first-order valence-corrected chi connectivity index (χ1v) is 5.37. The molecule has 1 heteroatoms. The van der Waals surface area contributed by atoms with E-state index in [-0.39, 0.29) is 0 Å². The highest BCUT2D eigenvalue weighted by atomic mass is 16.1. The van der Waals surface area contributed by atoms with Gasteiger partial charge in [-0.3, -0.25) is 4.79 Å². The van der Waals surface area contributed by atoms with Gasteiger partial charge in [-0.25, -0.2) is 0 Å². The van der Waals surface area contributed by atoms with E-state index in [1.807, 2.05) is 0 Å². The Bertz CT molecular complexity index is 136. The zero-order valence-electron chi connectivity index (χ0n) is 8.14.